The summed E-state index contributed by atoms with van der Waals surface area (Å²) in [6.45, 7) is 6.37. The highest BCUT2D eigenvalue weighted by molar-refractivity contribution is 6.35. The molecule has 0 fully saturated rings. The largest absolute Gasteiger partial charge is 0.479 e. The number of nitrogens with one attached hydrogen (secondary N) is 1. The molecule has 1 unspecified atom stereocenters. The predicted molar refractivity (Wildman–Crippen MR) is 74.4 cm³/mol. The highest BCUT2D eigenvalue weighted by Gasteiger charge is 2.16. The Bertz CT molecular complexity index is 421. The second kappa shape index (κ2) is 6.86. The van der Waals surface area contributed by atoms with Gasteiger partial charge < -0.3 is 10.1 Å². The van der Waals surface area contributed by atoms with Crippen molar-refractivity contribution < 1.29 is 9.53 Å². The standard InChI is InChI=1S/C13H17Cl2NO2/c1-8(2)7-16-13(17)9(3)18-12-5-4-10(14)6-11(12)15/h4-6,8-9H,7H2,1-3H3,(H,16,17). The van der Waals surface area contributed by atoms with Crippen LogP contribution < -0.4 is 10.1 Å². The number of hydrogen-bond acceptors (Lipinski definition) is 2. The van der Waals surface area contributed by atoms with Crippen LogP contribution in [0.3, 0.4) is 0 Å². The zero-order valence-corrected chi connectivity index (χ0v) is 12.2. The molecule has 0 spiro atoms. The first-order valence-electron chi connectivity index (χ1n) is 5.79. The third-order valence-corrected chi connectivity index (χ3v) is 2.78. The van der Waals surface area contributed by atoms with E-state index in [4.69, 9.17) is 27.9 Å². The number of halogens is 2. The summed E-state index contributed by atoms with van der Waals surface area (Å²) in [5.74, 6) is 0.697. The van der Waals surface area contributed by atoms with Gasteiger partial charge in [0.25, 0.3) is 5.91 Å². The molecule has 0 saturated heterocycles. The van der Waals surface area contributed by atoms with Gasteiger partial charge in [0.2, 0.25) is 0 Å². The van der Waals surface area contributed by atoms with E-state index in [0.29, 0.717) is 28.3 Å². The van der Waals surface area contributed by atoms with Crippen molar-refractivity contribution in [1.29, 1.82) is 0 Å². The van der Waals surface area contributed by atoms with E-state index in [1.54, 1.807) is 25.1 Å². The van der Waals surface area contributed by atoms with E-state index in [2.05, 4.69) is 5.32 Å². The van der Waals surface area contributed by atoms with E-state index in [9.17, 15) is 4.79 Å². The molecule has 1 amide bonds. The Hall–Kier alpha value is -0.930. The third kappa shape index (κ3) is 4.75. The van der Waals surface area contributed by atoms with Crippen LogP contribution >= 0.6 is 23.2 Å². The fraction of sp³-hybridized carbons (Fsp3) is 0.462. The van der Waals surface area contributed by atoms with Crippen LogP contribution in [-0.2, 0) is 4.79 Å². The summed E-state index contributed by atoms with van der Waals surface area (Å²) in [6, 6.07) is 4.90. The first-order chi connectivity index (χ1) is 8.40. The zero-order chi connectivity index (χ0) is 13.7. The van der Waals surface area contributed by atoms with Crippen LogP contribution in [0.5, 0.6) is 5.75 Å². The van der Waals surface area contributed by atoms with Gasteiger partial charge in [-0.1, -0.05) is 37.0 Å². The summed E-state index contributed by atoms with van der Waals surface area (Å²) in [5.41, 5.74) is 0. The van der Waals surface area contributed by atoms with Gasteiger partial charge in [0.05, 0.1) is 5.02 Å². The SMILES string of the molecule is CC(C)CNC(=O)C(C)Oc1ccc(Cl)cc1Cl. The summed E-state index contributed by atoms with van der Waals surface area (Å²) in [6.07, 6.45) is -0.595. The summed E-state index contributed by atoms with van der Waals surface area (Å²) in [4.78, 5) is 11.7. The highest BCUT2D eigenvalue weighted by atomic mass is 35.5. The van der Waals surface area contributed by atoms with E-state index in [1.165, 1.54) is 0 Å². The maximum Gasteiger partial charge on any atom is 0.260 e. The molecule has 0 aliphatic heterocycles. The monoisotopic (exact) mass is 289 g/mol. The average molecular weight is 290 g/mol. The van der Waals surface area contributed by atoms with Crippen LogP contribution in [0.15, 0.2) is 18.2 Å². The normalized spacial score (nSPS) is 12.3. The number of hydrogen-bond donors (Lipinski definition) is 1. The molecule has 0 aromatic heterocycles. The molecule has 5 heteroatoms. The number of rotatable bonds is 5. The summed E-state index contributed by atoms with van der Waals surface area (Å²) >= 11 is 11.7. The second-order valence-corrected chi connectivity index (χ2v) is 5.32. The Morgan fingerprint density at radius 3 is 2.56 bits per heavy atom. The third-order valence-electron chi connectivity index (χ3n) is 2.25. The average Bonchev–Trinajstić information content (AvgIpc) is 2.29. The predicted octanol–water partition coefficient (Wildman–Crippen LogP) is 3.53. The summed E-state index contributed by atoms with van der Waals surface area (Å²) < 4.78 is 5.49. The Morgan fingerprint density at radius 1 is 1.33 bits per heavy atom. The van der Waals surface area contributed by atoms with E-state index >= 15 is 0 Å². The van der Waals surface area contributed by atoms with Crippen LogP contribution in [0.25, 0.3) is 0 Å². The van der Waals surface area contributed by atoms with E-state index < -0.39 is 6.10 Å². The topological polar surface area (TPSA) is 38.3 Å². The van der Waals surface area contributed by atoms with Crippen LogP contribution in [0.1, 0.15) is 20.8 Å². The van der Waals surface area contributed by atoms with E-state index in [1.807, 2.05) is 13.8 Å². The number of carbonyl (C=O) groups excluding carboxylic acids is 1. The molecular formula is C13H17Cl2NO2. The van der Waals surface area contributed by atoms with Gasteiger partial charge in [0, 0.05) is 11.6 Å². The molecule has 3 nitrogen and oxygen atoms in total. The summed E-state index contributed by atoms with van der Waals surface area (Å²) in [5, 5.41) is 3.73. The van der Waals surface area contributed by atoms with Gasteiger partial charge in [-0.2, -0.15) is 0 Å². The minimum atomic E-state index is -0.595. The van der Waals surface area contributed by atoms with Gasteiger partial charge in [-0.15, -0.1) is 0 Å². The number of benzene rings is 1. The zero-order valence-electron chi connectivity index (χ0n) is 10.7. The summed E-state index contributed by atoms with van der Waals surface area (Å²) in [7, 11) is 0. The molecule has 1 aromatic rings. The maximum atomic E-state index is 11.7. The Morgan fingerprint density at radius 2 is 2.00 bits per heavy atom. The molecule has 1 atom stereocenters. The molecular weight excluding hydrogens is 273 g/mol. The van der Waals surface area contributed by atoms with Crippen LogP contribution in [0.4, 0.5) is 0 Å². The lowest BCUT2D eigenvalue weighted by Gasteiger charge is -2.16. The lowest BCUT2D eigenvalue weighted by atomic mass is 10.2. The fourth-order valence-electron chi connectivity index (χ4n) is 1.26. The van der Waals surface area contributed by atoms with Crippen molar-refractivity contribution in [1.82, 2.24) is 5.32 Å². The molecule has 0 aliphatic rings. The van der Waals surface area contributed by atoms with Gasteiger partial charge in [-0.3, -0.25) is 4.79 Å². The Kier molecular flexibility index (Phi) is 5.76. The van der Waals surface area contributed by atoms with Crippen LogP contribution in [0.2, 0.25) is 10.0 Å². The van der Waals surface area contributed by atoms with Crippen molar-refractivity contribution >= 4 is 29.1 Å². The molecule has 1 aromatic carbocycles. The molecule has 0 bridgehead atoms. The Labute approximate surface area is 117 Å². The molecule has 0 aliphatic carbocycles. The molecule has 0 radical (unpaired) electrons. The van der Waals surface area contributed by atoms with Crippen molar-refractivity contribution in [2.24, 2.45) is 5.92 Å². The molecule has 18 heavy (non-hydrogen) atoms. The Balaban J connectivity index is 2.58. The van der Waals surface area contributed by atoms with Gasteiger partial charge in [-0.05, 0) is 31.0 Å². The number of carbonyl (C=O) groups is 1. The molecule has 1 N–H and O–H groups in total. The molecule has 1 rings (SSSR count). The maximum absolute atomic E-state index is 11.7. The van der Waals surface area contributed by atoms with Gasteiger partial charge >= 0.3 is 0 Å². The minimum Gasteiger partial charge on any atom is -0.479 e. The first-order valence-corrected chi connectivity index (χ1v) is 6.55. The molecule has 0 saturated carbocycles. The van der Waals surface area contributed by atoms with Crippen molar-refractivity contribution in [2.75, 3.05) is 6.54 Å². The smallest absolute Gasteiger partial charge is 0.260 e. The van der Waals surface area contributed by atoms with E-state index in [-0.39, 0.29) is 5.91 Å². The lowest BCUT2D eigenvalue weighted by Crippen LogP contribution is -2.38. The van der Waals surface area contributed by atoms with Crippen LogP contribution in [-0.4, -0.2) is 18.6 Å². The van der Waals surface area contributed by atoms with Crippen molar-refractivity contribution in [3.05, 3.63) is 28.2 Å². The van der Waals surface area contributed by atoms with Crippen molar-refractivity contribution in [3.8, 4) is 5.75 Å². The van der Waals surface area contributed by atoms with Gasteiger partial charge in [0.15, 0.2) is 6.10 Å². The first kappa shape index (κ1) is 15.1. The van der Waals surface area contributed by atoms with Crippen LogP contribution in [0, 0.1) is 5.92 Å². The van der Waals surface area contributed by atoms with E-state index in [0.717, 1.165) is 0 Å². The number of amides is 1. The lowest BCUT2D eigenvalue weighted by molar-refractivity contribution is -0.127. The van der Waals surface area contributed by atoms with Crippen molar-refractivity contribution in [2.45, 2.75) is 26.9 Å². The quantitative estimate of drug-likeness (QED) is 0.900. The number of ether oxygens (including phenoxy) is 1. The highest BCUT2D eigenvalue weighted by Crippen LogP contribution is 2.28. The molecule has 0 heterocycles. The minimum absolute atomic E-state index is 0.158. The van der Waals surface area contributed by atoms with Crippen molar-refractivity contribution in [3.63, 3.8) is 0 Å². The molecule has 100 valence electrons. The fourth-order valence-corrected chi connectivity index (χ4v) is 1.72. The van der Waals surface area contributed by atoms with Gasteiger partial charge in [0.1, 0.15) is 5.75 Å². The second-order valence-electron chi connectivity index (χ2n) is 4.47. The van der Waals surface area contributed by atoms with Gasteiger partial charge in [-0.25, -0.2) is 0 Å².